The van der Waals surface area contributed by atoms with Gasteiger partial charge in [-0.3, -0.25) is 10.1 Å². The normalized spacial score (nSPS) is 19.9. The molecule has 2 heterocycles. The Kier molecular flexibility index (Phi) is 4.70. The van der Waals surface area contributed by atoms with E-state index in [0.717, 1.165) is 38.8 Å². The highest BCUT2D eigenvalue weighted by Gasteiger charge is 2.29. The van der Waals surface area contributed by atoms with Gasteiger partial charge in [0.2, 0.25) is 11.6 Å². The molecule has 1 aliphatic heterocycles. The Morgan fingerprint density at radius 2 is 1.77 bits per heavy atom. The number of nitrogens with zero attached hydrogens (tertiary/aromatic N) is 4. The van der Waals surface area contributed by atoms with Crippen molar-refractivity contribution in [2.24, 2.45) is 0 Å². The monoisotopic (exact) mass is 305 g/mol. The molecule has 7 nitrogen and oxygen atoms in total. The van der Waals surface area contributed by atoms with E-state index in [-0.39, 0.29) is 16.7 Å². The lowest BCUT2D eigenvalue weighted by Crippen LogP contribution is -2.31. The predicted octanol–water partition coefficient (Wildman–Crippen LogP) is 3.12. The molecule has 1 aromatic heterocycles. The van der Waals surface area contributed by atoms with Gasteiger partial charge in [-0.1, -0.05) is 19.3 Å². The minimum absolute atomic E-state index is 0.0370. The van der Waals surface area contributed by atoms with Gasteiger partial charge in [0.05, 0.1) is 4.92 Å². The van der Waals surface area contributed by atoms with Gasteiger partial charge in [-0.2, -0.15) is 0 Å². The van der Waals surface area contributed by atoms with Gasteiger partial charge in [0.25, 0.3) is 0 Å². The summed E-state index contributed by atoms with van der Waals surface area (Å²) in [5.41, 5.74) is 0.0370. The molecular weight excluding hydrogens is 282 g/mol. The summed E-state index contributed by atoms with van der Waals surface area (Å²) in [7, 11) is 0. The van der Waals surface area contributed by atoms with Crippen molar-refractivity contribution in [1.29, 1.82) is 0 Å². The Balaban J connectivity index is 1.86. The van der Waals surface area contributed by atoms with Crippen molar-refractivity contribution >= 4 is 17.3 Å². The summed E-state index contributed by atoms with van der Waals surface area (Å²) in [5.74, 6) is 0.852. The van der Waals surface area contributed by atoms with Gasteiger partial charge in [-0.25, -0.2) is 9.97 Å². The zero-order chi connectivity index (χ0) is 15.4. The maximum absolute atomic E-state index is 11.6. The van der Waals surface area contributed by atoms with Crippen molar-refractivity contribution in [2.45, 2.75) is 57.4 Å². The Bertz CT molecular complexity index is 525. The van der Waals surface area contributed by atoms with Crippen molar-refractivity contribution < 1.29 is 4.92 Å². The van der Waals surface area contributed by atoms with Gasteiger partial charge in [0, 0.05) is 19.1 Å². The second-order valence-corrected chi connectivity index (χ2v) is 6.18. The molecule has 0 bridgehead atoms. The van der Waals surface area contributed by atoms with E-state index in [0.29, 0.717) is 11.6 Å². The van der Waals surface area contributed by atoms with E-state index in [4.69, 9.17) is 0 Å². The molecule has 7 heteroatoms. The predicted molar refractivity (Wildman–Crippen MR) is 85.2 cm³/mol. The highest BCUT2D eigenvalue weighted by atomic mass is 16.6. The molecule has 1 aromatic rings. The molecule has 0 unspecified atom stereocenters. The van der Waals surface area contributed by atoms with Crippen LogP contribution in [0.25, 0.3) is 0 Å². The Morgan fingerprint density at radius 3 is 2.45 bits per heavy atom. The lowest BCUT2D eigenvalue weighted by molar-refractivity contribution is -0.383. The van der Waals surface area contributed by atoms with E-state index >= 15 is 0 Å². The molecular formula is C15H23N5O2. The molecule has 0 atom stereocenters. The van der Waals surface area contributed by atoms with Crippen LogP contribution in [-0.2, 0) is 0 Å². The maximum atomic E-state index is 11.6. The number of nitro groups is 1. The molecule has 0 radical (unpaired) electrons. The molecule has 0 amide bonds. The van der Waals surface area contributed by atoms with E-state index in [9.17, 15) is 10.1 Å². The Morgan fingerprint density at radius 1 is 1.09 bits per heavy atom. The van der Waals surface area contributed by atoms with Gasteiger partial charge in [0.1, 0.15) is 6.33 Å². The first-order valence-electron chi connectivity index (χ1n) is 8.26. The molecule has 0 spiro atoms. The first-order chi connectivity index (χ1) is 10.8. The third-order valence-electron chi connectivity index (χ3n) is 4.59. The zero-order valence-electron chi connectivity index (χ0n) is 12.8. The van der Waals surface area contributed by atoms with E-state index in [1.807, 2.05) is 4.90 Å². The van der Waals surface area contributed by atoms with Crippen LogP contribution < -0.4 is 10.2 Å². The van der Waals surface area contributed by atoms with Crippen LogP contribution in [0.4, 0.5) is 17.3 Å². The van der Waals surface area contributed by atoms with Crippen LogP contribution in [0.3, 0.4) is 0 Å². The first kappa shape index (κ1) is 15.0. The minimum atomic E-state index is -0.338. The summed E-state index contributed by atoms with van der Waals surface area (Å²) in [6.45, 7) is 1.67. The zero-order valence-corrected chi connectivity index (χ0v) is 12.8. The van der Waals surface area contributed by atoms with Gasteiger partial charge >= 0.3 is 5.69 Å². The lowest BCUT2D eigenvalue weighted by Gasteiger charge is -2.28. The van der Waals surface area contributed by atoms with Crippen LogP contribution >= 0.6 is 0 Å². The van der Waals surface area contributed by atoms with Crippen molar-refractivity contribution in [3.8, 4) is 0 Å². The average Bonchev–Trinajstić information content (AvgIpc) is 2.56. The number of hydrogen-bond donors (Lipinski definition) is 1. The van der Waals surface area contributed by atoms with E-state index < -0.39 is 0 Å². The molecule has 1 saturated carbocycles. The molecule has 0 aromatic carbocycles. The number of anilines is 2. The summed E-state index contributed by atoms with van der Waals surface area (Å²) in [5, 5.41) is 14.9. The van der Waals surface area contributed by atoms with Crippen LogP contribution in [0.5, 0.6) is 0 Å². The van der Waals surface area contributed by atoms with Gasteiger partial charge in [0.15, 0.2) is 0 Å². The maximum Gasteiger partial charge on any atom is 0.353 e. The summed E-state index contributed by atoms with van der Waals surface area (Å²) in [4.78, 5) is 21.6. The van der Waals surface area contributed by atoms with Crippen LogP contribution in [-0.4, -0.2) is 34.0 Å². The number of nitrogens with one attached hydrogen (secondary N) is 1. The Labute approximate surface area is 130 Å². The highest BCUT2D eigenvalue weighted by Crippen LogP contribution is 2.34. The van der Waals surface area contributed by atoms with E-state index in [1.165, 1.54) is 32.0 Å². The number of aromatic nitrogens is 2. The first-order valence-corrected chi connectivity index (χ1v) is 8.26. The van der Waals surface area contributed by atoms with Gasteiger partial charge in [-0.05, 0) is 32.1 Å². The SMILES string of the molecule is O=[N+]([O-])c1c(NC2CCCCC2)ncnc1N1CCCCC1. The Hall–Kier alpha value is -1.92. The largest absolute Gasteiger partial charge is 0.361 e. The third kappa shape index (κ3) is 3.28. The van der Waals surface area contributed by atoms with Crippen LogP contribution in [0.15, 0.2) is 6.33 Å². The fraction of sp³-hybridized carbons (Fsp3) is 0.733. The summed E-state index contributed by atoms with van der Waals surface area (Å²) < 4.78 is 0. The molecule has 3 rings (SSSR count). The van der Waals surface area contributed by atoms with Crippen molar-refractivity contribution in [1.82, 2.24) is 9.97 Å². The quantitative estimate of drug-likeness (QED) is 0.679. The fourth-order valence-electron chi connectivity index (χ4n) is 3.42. The molecule has 120 valence electrons. The van der Waals surface area contributed by atoms with Crippen molar-refractivity contribution in [3.05, 3.63) is 16.4 Å². The van der Waals surface area contributed by atoms with E-state index in [2.05, 4.69) is 15.3 Å². The lowest BCUT2D eigenvalue weighted by atomic mass is 9.95. The number of piperidine rings is 1. The second-order valence-electron chi connectivity index (χ2n) is 6.18. The van der Waals surface area contributed by atoms with Crippen LogP contribution in [0.1, 0.15) is 51.4 Å². The van der Waals surface area contributed by atoms with Crippen molar-refractivity contribution in [2.75, 3.05) is 23.3 Å². The number of rotatable bonds is 4. The molecule has 1 N–H and O–H groups in total. The van der Waals surface area contributed by atoms with Crippen LogP contribution in [0, 0.1) is 10.1 Å². The summed E-state index contributed by atoms with van der Waals surface area (Å²) in [6.07, 6.45) is 10.5. The van der Waals surface area contributed by atoms with Crippen LogP contribution in [0.2, 0.25) is 0 Å². The topological polar surface area (TPSA) is 84.2 Å². The summed E-state index contributed by atoms with van der Waals surface area (Å²) >= 11 is 0. The third-order valence-corrected chi connectivity index (χ3v) is 4.59. The second kappa shape index (κ2) is 6.89. The van der Waals surface area contributed by atoms with Gasteiger partial charge < -0.3 is 10.2 Å². The van der Waals surface area contributed by atoms with Gasteiger partial charge in [-0.15, -0.1) is 0 Å². The smallest absolute Gasteiger partial charge is 0.353 e. The molecule has 22 heavy (non-hydrogen) atoms. The average molecular weight is 305 g/mol. The fourth-order valence-corrected chi connectivity index (χ4v) is 3.42. The molecule has 2 fully saturated rings. The summed E-state index contributed by atoms with van der Waals surface area (Å²) in [6, 6.07) is 0.288. The molecule has 1 aliphatic carbocycles. The molecule has 1 saturated heterocycles. The molecule has 2 aliphatic rings. The van der Waals surface area contributed by atoms with Crippen molar-refractivity contribution in [3.63, 3.8) is 0 Å². The number of hydrogen-bond acceptors (Lipinski definition) is 6. The highest BCUT2D eigenvalue weighted by molar-refractivity contribution is 5.70. The minimum Gasteiger partial charge on any atom is -0.361 e. The standard InChI is InChI=1S/C15H23N5O2/c21-20(22)13-14(18-12-7-3-1-4-8-12)16-11-17-15(13)19-9-5-2-6-10-19/h11-12H,1-10H2,(H,16,17,18). The van der Waals surface area contributed by atoms with E-state index in [1.54, 1.807) is 0 Å².